The van der Waals surface area contributed by atoms with Crippen LogP contribution in [0.2, 0.25) is 0 Å². The first-order valence-corrected chi connectivity index (χ1v) is 7.76. The number of halogens is 1. The van der Waals surface area contributed by atoms with Crippen molar-refractivity contribution in [1.82, 2.24) is 5.32 Å². The Morgan fingerprint density at radius 2 is 1.95 bits per heavy atom. The van der Waals surface area contributed by atoms with Crippen molar-refractivity contribution in [3.63, 3.8) is 0 Å². The lowest BCUT2D eigenvalue weighted by molar-refractivity contribution is -0.127. The summed E-state index contributed by atoms with van der Waals surface area (Å²) < 4.78 is 18.3. The van der Waals surface area contributed by atoms with E-state index in [1.54, 1.807) is 6.92 Å². The molecule has 0 saturated heterocycles. The van der Waals surface area contributed by atoms with Gasteiger partial charge < -0.3 is 10.1 Å². The molecule has 0 aromatic heterocycles. The molecule has 0 saturated carbocycles. The molecular formula is C17H26FNO2. The number of carbonyl (C=O) groups excluding carboxylic acids is 1. The number of nitrogens with one attached hydrogen (secondary N) is 1. The van der Waals surface area contributed by atoms with Gasteiger partial charge in [-0.05, 0) is 43.5 Å². The summed E-state index contributed by atoms with van der Waals surface area (Å²) in [5, 5.41) is 2.94. The van der Waals surface area contributed by atoms with Crippen molar-refractivity contribution in [2.24, 2.45) is 5.92 Å². The summed E-state index contributed by atoms with van der Waals surface area (Å²) in [5.41, 5.74) is 0. The molecule has 1 aromatic rings. The van der Waals surface area contributed by atoms with Crippen molar-refractivity contribution >= 4 is 5.91 Å². The van der Waals surface area contributed by atoms with Crippen LogP contribution in [0.3, 0.4) is 0 Å². The normalized spacial score (nSPS) is 13.5. The standard InChI is InChI=1S/C17H26FNO2/c1-4-6-7-14(5-2)12-19-17(20)13(3)21-16-10-8-15(18)9-11-16/h8-11,13-14H,4-7,12H2,1-3H3,(H,19,20)/t13-,14?/m1/s1. The summed E-state index contributed by atoms with van der Waals surface area (Å²) in [6, 6.07) is 5.68. The summed E-state index contributed by atoms with van der Waals surface area (Å²) >= 11 is 0. The van der Waals surface area contributed by atoms with Crippen LogP contribution in [-0.2, 0) is 4.79 Å². The molecule has 0 aliphatic heterocycles. The van der Waals surface area contributed by atoms with Crippen molar-refractivity contribution in [1.29, 1.82) is 0 Å². The molecule has 3 nitrogen and oxygen atoms in total. The van der Waals surface area contributed by atoms with E-state index in [-0.39, 0.29) is 11.7 Å². The fraction of sp³-hybridized carbons (Fsp3) is 0.588. The van der Waals surface area contributed by atoms with Crippen LogP contribution in [0.5, 0.6) is 5.75 Å². The first-order valence-electron chi connectivity index (χ1n) is 7.76. The van der Waals surface area contributed by atoms with Crippen LogP contribution in [0.15, 0.2) is 24.3 Å². The lowest BCUT2D eigenvalue weighted by Gasteiger charge is -2.18. The average Bonchev–Trinajstić information content (AvgIpc) is 2.49. The van der Waals surface area contributed by atoms with Gasteiger partial charge in [0.1, 0.15) is 11.6 Å². The molecule has 1 N–H and O–H groups in total. The maximum atomic E-state index is 12.8. The molecule has 2 atom stereocenters. The van der Waals surface area contributed by atoms with E-state index in [1.807, 2.05) is 0 Å². The van der Waals surface area contributed by atoms with Crippen LogP contribution < -0.4 is 10.1 Å². The molecule has 21 heavy (non-hydrogen) atoms. The maximum Gasteiger partial charge on any atom is 0.260 e. The van der Waals surface area contributed by atoms with Crippen molar-refractivity contribution in [2.75, 3.05) is 6.54 Å². The van der Waals surface area contributed by atoms with E-state index in [9.17, 15) is 9.18 Å². The summed E-state index contributed by atoms with van der Waals surface area (Å²) in [7, 11) is 0. The molecular weight excluding hydrogens is 269 g/mol. The Balaban J connectivity index is 2.38. The number of amides is 1. The van der Waals surface area contributed by atoms with Gasteiger partial charge in [0.25, 0.3) is 5.91 Å². The molecule has 118 valence electrons. The van der Waals surface area contributed by atoms with E-state index < -0.39 is 6.10 Å². The summed E-state index contributed by atoms with van der Waals surface area (Å²) in [6.07, 6.45) is 3.98. The van der Waals surface area contributed by atoms with Gasteiger partial charge in [0.15, 0.2) is 6.10 Å². The van der Waals surface area contributed by atoms with Gasteiger partial charge in [0, 0.05) is 6.54 Å². The fourth-order valence-corrected chi connectivity index (χ4v) is 2.10. The molecule has 0 fully saturated rings. The molecule has 0 radical (unpaired) electrons. The second kappa shape index (κ2) is 9.37. The maximum absolute atomic E-state index is 12.8. The van der Waals surface area contributed by atoms with Gasteiger partial charge in [0.2, 0.25) is 0 Å². The van der Waals surface area contributed by atoms with E-state index in [0.717, 1.165) is 12.8 Å². The third kappa shape index (κ3) is 6.61. The molecule has 0 heterocycles. The summed E-state index contributed by atoms with van der Waals surface area (Å²) in [6.45, 7) is 6.70. The molecule has 1 rings (SSSR count). The Bertz CT molecular complexity index is 419. The van der Waals surface area contributed by atoms with Gasteiger partial charge in [-0.15, -0.1) is 0 Å². The lowest BCUT2D eigenvalue weighted by atomic mass is 9.99. The third-order valence-corrected chi connectivity index (χ3v) is 3.60. The second-order valence-corrected chi connectivity index (χ2v) is 5.38. The van der Waals surface area contributed by atoms with Crippen LogP contribution in [0.1, 0.15) is 46.5 Å². The smallest absolute Gasteiger partial charge is 0.260 e. The van der Waals surface area contributed by atoms with Gasteiger partial charge in [-0.2, -0.15) is 0 Å². The predicted molar refractivity (Wildman–Crippen MR) is 82.8 cm³/mol. The fourth-order valence-electron chi connectivity index (χ4n) is 2.10. The lowest BCUT2D eigenvalue weighted by Crippen LogP contribution is -2.38. The van der Waals surface area contributed by atoms with Gasteiger partial charge in [0.05, 0.1) is 0 Å². The van der Waals surface area contributed by atoms with Crippen LogP contribution in [0, 0.1) is 11.7 Å². The van der Waals surface area contributed by atoms with Gasteiger partial charge in [-0.3, -0.25) is 4.79 Å². The number of rotatable bonds is 9. The highest BCUT2D eigenvalue weighted by Crippen LogP contribution is 2.14. The number of hydrogen-bond donors (Lipinski definition) is 1. The van der Waals surface area contributed by atoms with Crippen molar-refractivity contribution < 1.29 is 13.9 Å². The molecule has 1 amide bonds. The Hall–Kier alpha value is -1.58. The quantitative estimate of drug-likeness (QED) is 0.749. The van der Waals surface area contributed by atoms with E-state index in [2.05, 4.69) is 19.2 Å². The Morgan fingerprint density at radius 3 is 2.52 bits per heavy atom. The number of unbranched alkanes of at least 4 members (excludes halogenated alkanes) is 1. The minimum absolute atomic E-state index is 0.130. The zero-order chi connectivity index (χ0) is 15.7. The zero-order valence-corrected chi connectivity index (χ0v) is 13.2. The molecule has 0 spiro atoms. The SMILES string of the molecule is CCCCC(CC)CNC(=O)[C@@H](C)Oc1ccc(F)cc1. The van der Waals surface area contributed by atoms with Crippen LogP contribution >= 0.6 is 0 Å². The zero-order valence-electron chi connectivity index (χ0n) is 13.2. The summed E-state index contributed by atoms with van der Waals surface area (Å²) in [5.74, 6) is 0.569. The molecule has 1 aromatic carbocycles. The predicted octanol–water partition coefficient (Wildman–Crippen LogP) is 3.93. The monoisotopic (exact) mass is 295 g/mol. The molecule has 1 unspecified atom stereocenters. The van der Waals surface area contributed by atoms with Crippen molar-refractivity contribution in [2.45, 2.75) is 52.6 Å². The number of benzene rings is 1. The summed E-state index contributed by atoms with van der Waals surface area (Å²) in [4.78, 5) is 12.0. The van der Waals surface area contributed by atoms with Crippen molar-refractivity contribution in [3.05, 3.63) is 30.1 Å². The first kappa shape index (κ1) is 17.5. The first-order chi connectivity index (χ1) is 10.1. The molecule has 0 aliphatic rings. The molecule has 0 aliphatic carbocycles. The third-order valence-electron chi connectivity index (χ3n) is 3.60. The highest BCUT2D eigenvalue weighted by Gasteiger charge is 2.16. The molecule has 0 bridgehead atoms. The van der Waals surface area contributed by atoms with E-state index >= 15 is 0 Å². The van der Waals surface area contributed by atoms with Gasteiger partial charge in [-0.25, -0.2) is 4.39 Å². The molecule has 4 heteroatoms. The van der Waals surface area contributed by atoms with Gasteiger partial charge in [-0.1, -0.05) is 33.1 Å². The van der Waals surface area contributed by atoms with Crippen LogP contribution in [0.4, 0.5) is 4.39 Å². The second-order valence-electron chi connectivity index (χ2n) is 5.38. The highest BCUT2D eigenvalue weighted by atomic mass is 19.1. The minimum atomic E-state index is -0.584. The largest absolute Gasteiger partial charge is 0.481 e. The topological polar surface area (TPSA) is 38.3 Å². The highest BCUT2D eigenvalue weighted by molar-refractivity contribution is 5.80. The Morgan fingerprint density at radius 1 is 1.29 bits per heavy atom. The Kier molecular flexibility index (Phi) is 7.80. The average molecular weight is 295 g/mol. The number of ether oxygens (including phenoxy) is 1. The Labute approximate surface area is 126 Å². The number of carbonyl (C=O) groups is 1. The van der Waals surface area contributed by atoms with Crippen molar-refractivity contribution in [3.8, 4) is 5.75 Å². The van der Waals surface area contributed by atoms with Crippen LogP contribution in [0.25, 0.3) is 0 Å². The van der Waals surface area contributed by atoms with E-state index in [4.69, 9.17) is 4.74 Å². The number of hydrogen-bond acceptors (Lipinski definition) is 2. The van der Waals surface area contributed by atoms with E-state index in [1.165, 1.54) is 37.1 Å². The van der Waals surface area contributed by atoms with E-state index in [0.29, 0.717) is 18.2 Å². The van der Waals surface area contributed by atoms with Gasteiger partial charge >= 0.3 is 0 Å². The van der Waals surface area contributed by atoms with Crippen LogP contribution in [-0.4, -0.2) is 18.6 Å². The minimum Gasteiger partial charge on any atom is -0.481 e.